The number of β-amino-alcohol motifs (C(OH)–C–C–N with tert-alkyl or cyclic N) is 1. The van der Waals surface area contributed by atoms with Crippen molar-refractivity contribution < 1.29 is 9.90 Å². The van der Waals surface area contributed by atoms with Crippen molar-refractivity contribution in [3.8, 4) is 0 Å². The summed E-state index contributed by atoms with van der Waals surface area (Å²) in [6.07, 6.45) is 2.09. The topological polar surface area (TPSA) is 66.6 Å². The van der Waals surface area contributed by atoms with Crippen LogP contribution in [0.15, 0.2) is 0 Å². The van der Waals surface area contributed by atoms with Gasteiger partial charge in [0.1, 0.15) is 0 Å². The number of aliphatic hydroxyl groups excluding tert-OH is 1. The number of carbonyl (C=O) groups is 1. The molecule has 2 rings (SSSR count). The number of hydrogen-bond donors (Lipinski definition) is 2. The molecular weight excluding hydrogens is 156 g/mol. The van der Waals surface area contributed by atoms with Crippen LogP contribution in [0.5, 0.6) is 0 Å². The van der Waals surface area contributed by atoms with Crippen molar-refractivity contribution in [2.75, 3.05) is 13.1 Å². The van der Waals surface area contributed by atoms with Crippen LogP contribution in [0.1, 0.15) is 19.3 Å². The van der Waals surface area contributed by atoms with E-state index in [0.717, 1.165) is 12.8 Å². The number of rotatable bonds is 2. The predicted octanol–water partition coefficient (Wildman–Crippen LogP) is -0.929. The fraction of sp³-hybridized carbons (Fsp3) is 0.875. The Labute approximate surface area is 71.3 Å². The van der Waals surface area contributed by atoms with E-state index in [1.54, 1.807) is 4.90 Å². The molecule has 2 aliphatic rings. The van der Waals surface area contributed by atoms with E-state index in [-0.39, 0.29) is 17.6 Å². The third-order valence-electron chi connectivity index (χ3n) is 2.61. The van der Waals surface area contributed by atoms with Gasteiger partial charge in [0.05, 0.1) is 6.10 Å². The predicted molar refractivity (Wildman–Crippen MR) is 43.4 cm³/mol. The van der Waals surface area contributed by atoms with E-state index in [4.69, 9.17) is 10.8 Å². The van der Waals surface area contributed by atoms with Crippen molar-refractivity contribution in [2.45, 2.75) is 30.9 Å². The van der Waals surface area contributed by atoms with Crippen molar-refractivity contribution in [1.29, 1.82) is 0 Å². The van der Waals surface area contributed by atoms with E-state index in [9.17, 15) is 4.79 Å². The minimum Gasteiger partial charge on any atom is -0.389 e. The van der Waals surface area contributed by atoms with Crippen molar-refractivity contribution in [3.63, 3.8) is 0 Å². The van der Waals surface area contributed by atoms with Crippen LogP contribution in [0.2, 0.25) is 0 Å². The first-order chi connectivity index (χ1) is 5.59. The molecule has 0 spiro atoms. The fourth-order valence-electron chi connectivity index (χ4n) is 1.41. The molecule has 0 aromatic rings. The summed E-state index contributed by atoms with van der Waals surface area (Å²) in [4.78, 5) is 13.0. The number of hydrogen-bond acceptors (Lipinski definition) is 3. The molecule has 12 heavy (non-hydrogen) atoms. The lowest BCUT2D eigenvalue weighted by Gasteiger charge is -2.36. The monoisotopic (exact) mass is 170 g/mol. The molecule has 2 fully saturated rings. The van der Waals surface area contributed by atoms with Crippen LogP contribution in [-0.2, 0) is 4.79 Å². The van der Waals surface area contributed by atoms with E-state index in [1.165, 1.54) is 0 Å². The summed E-state index contributed by atoms with van der Waals surface area (Å²) in [5.74, 6) is 0.0975. The molecule has 0 atom stereocenters. The Morgan fingerprint density at radius 3 is 2.58 bits per heavy atom. The van der Waals surface area contributed by atoms with Gasteiger partial charge in [-0.05, 0) is 12.8 Å². The zero-order valence-corrected chi connectivity index (χ0v) is 6.99. The lowest BCUT2D eigenvalue weighted by molar-refractivity contribution is -0.141. The molecule has 0 bridgehead atoms. The molecule has 4 heteroatoms. The Hall–Kier alpha value is -0.610. The second-order valence-electron chi connectivity index (χ2n) is 3.99. The van der Waals surface area contributed by atoms with Gasteiger partial charge in [-0.2, -0.15) is 0 Å². The van der Waals surface area contributed by atoms with Gasteiger partial charge < -0.3 is 15.7 Å². The highest BCUT2D eigenvalue weighted by Gasteiger charge is 2.42. The normalized spacial score (nSPS) is 26.7. The van der Waals surface area contributed by atoms with Crippen molar-refractivity contribution in [1.82, 2.24) is 4.90 Å². The van der Waals surface area contributed by atoms with Crippen LogP contribution >= 0.6 is 0 Å². The van der Waals surface area contributed by atoms with Gasteiger partial charge in [-0.15, -0.1) is 0 Å². The van der Waals surface area contributed by atoms with Gasteiger partial charge in [0.15, 0.2) is 0 Å². The van der Waals surface area contributed by atoms with Gasteiger partial charge in [-0.25, -0.2) is 0 Å². The zero-order chi connectivity index (χ0) is 8.77. The lowest BCUT2D eigenvalue weighted by Crippen LogP contribution is -2.54. The number of amides is 1. The molecule has 4 nitrogen and oxygen atoms in total. The van der Waals surface area contributed by atoms with Crippen LogP contribution in [0.25, 0.3) is 0 Å². The zero-order valence-electron chi connectivity index (χ0n) is 6.99. The first-order valence-corrected chi connectivity index (χ1v) is 4.34. The summed E-state index contributed by atoms with van der Waals surface area (Å²) in [5, 5.41) is 8.96. The third-order valence-corrected chi connectivity index (χ3v) is 2.61. The summed E-state index contributed by atoms with van der Waals surface area (Å²) in [6, 6.07) is 0. The first kappa shape index (κ1) is 8.01. The largest absolute Gasteiger partial charge is 0.389 e. The molecule has 1 saturated carbocycles. The van der Waals surface area contributed by atoms with Crippen LogP contribution < -0.4 is 5.73 Å². The van der Waals surface area contributed by atoms with Crippen LogP contribution in [0.4, 0.5) is 0 Å². The van der Waals surface area contributed by atoms with Crippen molar-refractivity contribution in [3.05, 3.63) is 0 Å². The Bertz CT molecular complexity index is 207. The highest BCUT2D eigenvalue weighted by Crippen LogP contribution is 2.36. The minimum atomic E-state index is -0.304. The Kier molecular flexibility index (Phi) is 1.63. The smallest absolute Gasteiger partial charge is 0.224 e. The second kappa shape index (κ2) is 2.44. The van der Waals surface area contributed by atoms with Gasteiger partial charge in [0.2, 0.25) is 5.91 Å². The molecule has 1 aliphatic carbocycles. The SMILES string of the molecule is NC1(CC(=O)N2CC(O)C2)CC1. The number of carbonyl (C=O) groups excluding carboxylic acids is 1. The van der Waals surface area contributed by atoms with Gasteiger partial charge >= 0.3 is 0 Å². The molecule has 1 amide bonds. The highest BCUT2D eigenvalue weighted by atomic mass is 16.3. The Morgan fingerprint density at radius 2 is 2.17 bits per heavy atom. The third kappa shape index (κ3) is 1.44. The van der Waals surface area contributed by atoms with Gasteiger partial charge in [0, 0.05) is 25.0 Å². The molecule has 1 heterocycles. The Morgan fingerprint density at radius 1 is 1.58 bits per heavy atom. The maximum atomic E-state index is 11.4. The summed E-state index contributed by atoms with van der Waals surface area (Å²) < 4.78 is 0. The molecule has 68 valence electrons. The number of aliphatic hydroxyl groups is 1. The second-order valence-corrected chi connectivity index (χ2v) is 3.99. The van der Waals surface area contributed by atoms with Gasteiger partial charge in [-0.1, -0.05) is 0 Å². The number of nitrogens with zero attached hydrogens (tertiary/aromatic N) is 1. The first-order valence-electron chi connectivity index (χ1n) is 4.34. The van der Waals surface area contributed by atoms with Gasteiger partial charge in [0.25, 0.3) is 0 Å². The molecule has 0 aromatic carbocycles. The van der Waals surface area contributed by atoms with Crippen molar-refractivity contribution >= 4 is 5.91 Å². The van der Waals surface area contributed by atoms with E-state index in [0.29, 0.717) is 19.5 Å². The fourth-order valence-corrected chi connectivity index (χ4v) is 1.41. The van der Waals surface area contributed by atoms with Crippen LogP contribution in [-0.4, -0.2) is 40.6 Å². The van der Waals surface area contributed by atoms with Crippen LogP contribution in [0, 0.1) is 0 Å². The maximum absolute atomic E-state index is 11.4. The van der Waals surface area contributed by atoms with E-state index >= 15 is 0 Å². The van der Waals surface area contributed by atoms with Crippen molar-refractivity contribution in [2.24, 2.45) is 5.73 Å². The quantitative estimate of drug-likeness (QED) is 0.562. The molecule has 1 saturated heterocycles. The average Bonchev–Trinajstić information content (AvgIpc) is 2.61. The standard InChI is InChI=1S/C8H14N2O2/c9-8(1-2-8)3-7(12)10-4-6(11)5-10/h6,11H,1-5,9H2. The maximum Gasteiger partial charge on any atom is 0.224 e. The van der Waals surface area contributed by atoms with E-state index in [2.05, 4.69) is 0 Å². The minimum absolute atomic E-state index is 0.0975. The molecule has 0 unspecified atom stereocenters. The summed E-state index contributed by atoms with van der Waals surface area (Å²) >= 11 is 0. The summed E-state index contributed by atoms with van der Waals surface area (Å²) in [6.45, 7) is 0.990. The molecule has 0 aromatic heterocycles. The van der Waals surface area contributed by atoms with E-state index in [1.807, 2.05) is 0 Å². The molecule has 0 radical (unpaired) electrons. The summed E-state index contributed by atoms with van der Waals surface area (Å²) in [5.41, 5.74) is 5.59. The summed E-state index contributed by atoms with van der Waals surface area (Å²) in [7, 11) is 0. The lowest BCUT2D eigenvalue weighted by atomic mass is 10.1. The molecular formula is C8H14N2O2. The Balaban J connectivity index is 1.78. The highest BCUT2D eigenvalue weighted by molar-refractivity contribution is 5.78. The molecule has 1 aliphatic heterocycles. The van der Waals surface area contributed by atoms with Crippen LogP contribution in [0.3, 0.4) is 0 Å². The van der Waals surface area contributed by atoms with E-state index < -0.39 is 0 Å². The molecule has 3 N–H and O–H groups in total. The van der Waals surface area contributed by atoms with Gasteiger partial charge in [-0.3, -0.25) is 4.79 Å². The number of likely N-dealkylation sites (tertiary alicyclic amines) is 1. The number of nitrogens with two attached hydrogens (primary N) is 1. The average molecular weight is 170 g/mol.